The minimum Gasteiger partial charge on any atom is -0.497 e. The van der Waals surface area contributed by atoms with Crippen LogP contribution in [0.15, 0.2) is 42.5 Å². The van der Waals surface area contributed by atoms with Gasteiger partial charge in [-0.15, -0.1) is 0 Å². The maximum Gasteiger partial charge on any atom is 0.197 e. The molecule has 0 aromatic heterocycles. The van der Waals surface area contributed by atoms with Gasteiger partial charge in [-0.05, 0) is 30.7 Å². The van der Waals surface area contributed by atoms with Gasteiger partial charge in [0.25, 0.3) is 0 Å². The number of rotatable bonds is 2. The van der Waals surface area contributed by atoms with E-state index in [-0.39, 0.29) is 5.78 Å². The van der Waals surface area contributed by atoms with Gasteiger partial charge in [-0.1, -0.05) is 41.4 Å². The lowest BCUT2D eigenvalue weighted by atomic mass is 9.92. The molecular formula is C17H13ClO3. The minimum atomic E-state index is -1.67. The molecule has 4 heteroatoms. The summed E-state index contributed by atoms with van der Waals surface area (Å²) in [5, 5.41) is 0. The van der Waals surface area contributed by atoms with Crippen LogP contribution >= 0.6 is 11.6 Å². The number of Topliss-reactive ketones (excluding diaryl/α,β-unsaturated/α-hetero) is 2. The molecule has 0 bridgehead atoms. The number of halogens is 1. The van der Waals surface area contributed by atoms with Crippen molar-refractivity contribution in [1.29, 1.82) is 0 Å². The highest BCUT2D eigenvalue weighted by Crippen LogP contribution is 2.44. The van der Waals surface area contributed by atoms with Gasteiger partial charge in [-0.2, -0.15) is 0 Å². The van der Waals surface area contributed by atoms with E-state index >= 15 is 0 Å². The Morgan fingerprint density at radius 2 is 1.71 bits per heavy atom. The van der Waals surface area contributed by atoms with E-state index in [0.717, 1.165) is 5.56 Å². The van der Waals surface area contributed by atoms with Crippen molar-refractivity contribution in [3.05, 3.63) is 64.7 Å². The molecule has 0 saturated carbocycles. The van der Waals surface area contributed by atoms with Crippen LogP contribution in [0.4, 0.5) is 0 Å². The molecule has 0 N–H and O–H groups in total. The summed E-state index contributed by atoms with van der Waals surface area (Å²) in [6.07, 6.45) is 0. The topological polar surface area (TPSA) is 43.4 Å². The number of carbonyl (C=O) groups excluding carboxylic acids is 2. The molecule has 1 aliphatic rings. The van der Waals surface area contributed by atoms with Gasteiger partial charge in [0.05, 0.1) is 7.11 Å². The number of benzene rings is 2. The highest BCUT2D eigenvalue weighted by Gasteiger charge is 2.53. The molecule has 0 amide bonds. The first kappa shape index (κ1) is 13.8. The van der Waals surface area contributed by atoms with Gasteiger partial charge < -0.3 is 4.74 Å². The highest BCUT2D eigenvalue weighted by molar-refractivity contribution is 6.54. The molecule has 1 atom stereocenters. The van der Waals surface area contributed by atoms with Crippen LogP contribution in [0.2, 0.25) is 0 Å². The molecule has 3 rings (SSSR count). The normalized spacial score (nSPS) is 20.5. The number of ketones is 2. The third-order valence-electron chi connectivity index (χ3n) is 3.76. The third kappa shape index (κ3) is 1.88. The molecule has 0 aliphatic heterocycles. The second kappa shape index (κ2) is 4.71. The Bertz CT molecular complexity index is 766. The van der Waals surface area contributed by atoms with Gasteiger partial charge in [0.15, 0.2) is 16.4 Å². The standard InChI is InChI=1S/C17H13ClO3/c1-10-4-3-5-11(8-10)17(18)15(19)13-7-6-12(21-2)9-14(13)16(17)20/h3-9H,1-2H3. The summed E-state index contributed by atoms with van der Waals surface area (Å²) >= 11 is 6.49. The molecule has 0 radical (unpaired) electrons. The molecule has 1 unspecified atom stereocenters. The quantitative estimate of drug-likeness (QED) is 0.629. The van der Waals surface area contributed by atoms with E-state index in [2.05, 4.69) is 0 Å². The van der Waals surface area contributed by atoms with Crippen molar-refractivity contribution in [2.24, 2.45) is 0 Å². The van der Waals surface area contributed by atoms with Gasteiger partial charge >= 0.3 is 0 Å². The van der Waals surface area contributed by atoms with E-state index in [1.807, 2.05) is 13.0 Å². The number of hydrogen-bond acceptors (Lipinski definition) is 3. The molecule has 0 heterocycles. The first-order valence-electron chi connectivity index (χ1n) is 6.52. The number of carbonyl (C=O) groups is 2. The zero-order valence-electron chi connectivity index (χ0n) is 11.6. The van der Waals surface area contributed by atoms with E-state index in [4.69, 9.17) is 16.3 Å². The van der Waals surface area contributed by atoms with Crippen LogP contribution in [-0.4, -0.2) is 18.7 Å². The smallest absolute Gasteiger partial charge is 0.197 e. The van der Waals surface area contributed by atoms with Crippen LogP contribution in [-0.2, 0) is 4.87 Å². The molecule has 106 valence electrons. The molecular weight excluding hydrogens is 288 g/mol. The monoisotopic (exact) mass is 300 g/mol. The first-order valence-corrected chi connectivity index (χ1v) is 6.90. The Hall–Kier alpha value is -2.13. The molecule has 0 spiro atoms. The molecule has 3 nitrogen and oxygen atoms in total. The van der Waals surface area contributed by atoms with Crippen LogP contribution in [0.3, 0.4) is 0 Å². The fourth-order valence-corrected chi connectivity index (χ4v) is 2.95. The molecule has 1 aliphatic carbocycles. The summed E-state index contributed by atoms with van der Waals surface area (Å²) in [5.41, 5.74) is 2.11. The average molecular weight is 301 g/mol. The van der Waals surface area contributed by atoms with Crippen molar-refractivity contribution in [3.63, 3.8) is 0 Å². The Morgan fingerprint density at radius 3 is 2.38 bits per heavy atom. The summed E-state index contributed by atoms with van der Waals surface area (Å²) in [5.74, 6) is -0.244. The molecule has 21 heavy (non-hydrogen) atoms. The SMILES string of the molecule is COc1ccc2c(c1)C(=O)C(Cl)(c1cccc(C)c1)C2=O. The van der Waals surface area contributed by atoms with Crippen molar-refractivity contribution in [2.75, 3.05) is 7.11 Å². The fourth-order valence-electron chi connectivity index (χ4n) is 2.63. The fraction of sp³-hybridized carbons (Fsp3) is 0.176. The lowest BCUT2D eigenvalue weighted by Gasteiger charge is -2.18. The second-order valence-electron chi connectivity index (χ2n) is 5.10. The largest absolute Gasteiger partial charge is 0.497 e. The van der Waals surface area contributed by atoms with Crippen molar-refractivity contribution >= 4 is 23.2 Å². The van der Waals surface area contributed by atoms with Crippen LogP contribution in [0.25, 0.3) is 0 Å². The number of aryl methyl sites for hydroxylation is 1. The number of hydrogen-bond donors (Lipinski definition) is 0. The Labute approximate surface area is 127 Å². The first-order chi connectivity index (χ1) is 9.98. The molecule has 0 fully saturated rings. The highest BCUT2D eigenvalue weighted by atomic mass is 35.5. The van der Waals surface area contributed by atoms with Crippen LogP contribution in [0.1, 0.15) is 31.8 Å². The van der Waals surface area contributed by atoms with Crippen molar-refractivity contribution in [3.8, 4) is 5.75 Å². The van der Waals surface area contributed by atoms with E-state index in [9.17, 15) is 9.59 Å². The molecule has 0 saturated heterocycles. The molecule has 2 aromatic carbocycles. The zero-order chi connectivity index (χ0) is 15.2. The summed E-state index contributed by atoms with van der Waals surface area (Å²) in [4.78, 5) is 23.7. The van der Waals surface area contributed by atoms with E-state index in [0.29, 0.717) is 22.4 Å². The zero-order valence-corrected chi connectivity index (χ0v) is 12.4. The summed E-state index contributed by atoms with van der Waals surface area (Å²) in [6.45, 7) is 1.89. The third-order valence-corrected chi connectivity index (χ3v) is 4.32. The lowest BCUT2D eigenvalue weighted by Crippen LogP contribution is -2.32. The summed E-state index contributed by atoms with van der Waals surface area (Å²) in [6, 6.07) is 12.0. The van der Waals surface area contributed by atoms with Crippen molar-refractivity contribution in [2.45, 2.75) is 11.8 Å². The lowest BCUT2D eigenvalue weighted by molar-refractivity contribution is 0.0861. The van der Waals surface area contributed by atoms with Crippen LogP contribution in [0.5, 0.6) is 5.75 Å². The summed E-state index contributed by atoms with van der Waals surface area (Å²) in [7, 11) is 1.51. The van der Waals surface area contributed by atoms with E-state index in [1.165, 1.54) is 7.11 Å². The minimum absolute atomic E-state index is 0.316. The van der Waals surface area contributed by atoms with Gasteiger partial charge in [0.1, 0.15) is 5.75 Å². The second-order valence-corrected chi connectivity index (χ2v) is 5.66. The number of methoxy groups -OCH3 is 1. The maximum atomic E-state index is 12.7. The van der Waals surface area contributed by atoms with Gasteiger partial charge in [0.2, 0.25) is 0 Å². The Morgan fingerprint density at radius 1 is 1.00 bits per heavy atom. The Kier molecular flexibility index (Phi) is 3.10. The van der Waals surface area contributed by atoms with Gasteiger partial charge in [-0.3, -0.25) is 9.59 Å². The summed E-state index contributed by atoms with van der Waals surface area (Å²) < 4.78 is 5.11. The average Bonchev–Trinajstić information content (AvgIpc) is 2.70. The van der Waals surface area contributed by atoms with Crippen LogP contribution < -0.4 is 4.74 Å². The van der Waals surface area contributed by atoms with Crippen molar-refractivity contribution < 1.29 is 14.3 Å². The predicted molar refractivity (Wildman–Crippen MR) is 80.4 cm³/mol. The molecule has 2 aromatic rings. The van der Waals surface area contributed by atoms with Gasteiger partial charge in [0, 0.05) is 11.1 Å². The van der Waals surface area contributed by atoms with Crippen LogP contribution in [0, 0.1) is 6.92 Å². The number of fused-ring (bicyclic) bond motifs is 1. The van der Waals surface area contributed by atoms with Gasteiger partial charge in [-0.25, -0.2) is 0 Å². The Balaban J connectivity index is 2.19. The predicted octanol–water partition coefficient (Wildman–Crippen LogP) is 3.52. The number of alkyl halides is 1. The van der Waals surface area contributed by atoms with E-state index in [1.54, 1.807) is 36.4 Å². The van der Waals surface area contributed by atoms with E-state index < -0.39 is 10.7 Å². The maximum absolute atomic E-state index is 12.7. The number of ether oxygens (including phenoxy) is 1. The van der Waals surface area contributed by atoms with Crippen molar-refractivity contribution in [1.82, 2.24) is 0 Å².